The second-order valence-corrected chi connectivity index (χ2v) is 4.03. The summed E-state index contributed by atoms with van der Waals surface area (Å²) in [4.78, 5) is 22.9. The van der Waals surface area contributed by atoms with Crippen molar-refractivity contribution in [3.8, 4) is 0 Å². The third kappa shape index (κ3) is 1.99. The lowest BCUT2D eigenvalue weighted by molar-refractivity contribution is 0.0695. The maximum atomic E-state index is 13.2. The Balaban J connectivity index is 2.87. The van der Waals surface area contributed by atoms with E-state index < -0.39 is 17.2 Å². The van der Waals surface area contributed by atoms with Crippen LogP contribution in [-0.4, -0.2) is 15.6 Å². The van der Waals surface area contributed by atoms with Gasteiger partial charge in [-0.2, -0.15) is 0 Å². The van der Waals surface area contributed by atoms with Crippen molar-refractivity contribution in [3.63, 3.8) is 0 Å². The Labute approximate surface area is 102 Å². The van der Waals surface area contributed by atoms with E-state index in [-0.39, 0.29) is 10.9 Å². The first-order valence-corrected chi connectivity index (χ1v) is 5.60. The number of aromatic carboxylic acids is 1. The van der Waals surface area contributed by atoms with Gasteiger partial charge in [0.2, 0.25) is 5.43 Å². The van der Waals surface area contributed by atoms with Gasteiger partial charge in [-0.05, 0) is 24.6 Å². The van der Waals surface area contributed by atoms with E-state index in [1.54, 1.807) is 4.57 Å². The number of aryl methyl sites for hydroxylation is 1. The van der Waals surface area contributed by atoms with Gasteiger partial charge in [-0.15, -0.1) is 0 Å². The Kier molecular flexibility index (Phi) is 3.14. The summed E-state index contributed by atoms with van der Waals surface area (Å²) in [5.41, 5.74) is -0.431. The van der Waals surface area contributed by atoms with Crippen LogP contribution in [-0.2, 0) is 6.54 Å². The van der Waals surface area contributed by atoms with Gasteiger partial charge < -0.3 is 9.67 Å². The molecule has 0 bridgehead atoms. The zero-order valence-corrected chi connectivity index (χ0v) is 9.81. The first-order chi connectivity index (χ1) is 8.54. The van der Waals surface area contributed by atoms with E-state index in [1.807, 2.05) is 6.92 Å². The summed E-state index contributed by atoms with van der Waals surface area (Å²) in [7, 11) is 0. The highest BCUT2D eigenvalue weighted by atomic mass is 19.1. The van der Waals surface area contributed by atoms with E-state index in [1.165, 1.54) is 18.3 Å². The molecule has 1 heterocycles. The molecule has 2 rings (SSSR count). The number of pyridine rings is 1. The summed E-state index contributed by atoms with van der Waals surface area (Å²) in [5, 5.41) is 9.08. The zero-order valence-electron chi connectivity index (χ0n) is 9.81. The van der Waals surface area contributed by atoms with E-state index in [4.69, 9.17) is 5.11 Å². The second kappa shape index (κ2) is 4.60. The Morgan fingerprint density at radius 2 is 2.17 bits per heavy atom. The molecule has 0 spiro atoms. The van der Waals surface area contributed by atoms with Crippen LogP contribution in [0.15, 0.2) is 29.2 Å². The number of fused-ring (bicyclic) bond motifs is 1. The molecule has 0 fully saturated rings. The third-order valence-corrected chi connectivity index (χ3v) is 2.74. The molecule has 0 aliphatic carbocycles. The number of halogens is 1. The van der Waals surface area contributed by atoms with E-state index >= 15 is 0 Å². The summed E-state index contributed by atoms with van der Waals surface area (Å²) < 4.78 is 14.8. The molecule has 0 saturated carbocycles. The molecule has 1 aromatic heterocycles. The minimum absolute atomic E-state index is 0.100. The summed E-state index contributed by atoms with van der Waals surface area (Å²) in [6.07, 6.45) is 2.10. The van der Waals surface area contributed by atoms with Crippen LogP contribution in [0.4, 0.5) is 4.39 Å². The van der Waals surface area contributed by atoms with Gasteiger partial charge in [0.15, 0.2) is 0 Å². The van der Waals surface area contributed by atoms with Crippen LogP contribution in [0.1, 0.15) is 23.7 Å². The molecule has 1 N–H and O–H groups in total. The highest BCUT2D eigenvalue weighted by molar-refractivity contribution is 5.92. The number of nitrogens with zero attached hydrogens (tertiary/aromatic N) is 1. The van der Waals surface area contributed by atoms with Crippen LogP contribution in [0.25, 0.3) is 10.9 Å². The molecule has 18 heavy (non-hydrogen) atoms. The fourth-order valence-corrected chi connectivity index (χ4v) is 1.95. The minimum Gasteiger partial charge on any atom is -0.477 e. The van der Waals surface area contributed by atoms with Crippen molar-refractivity contribution in [2.24, 2.45) is 0 Å². The lowest BCUT2D eigenvalue weighted by Crippen LogP contribution is -2.19. The zero-order chi connectivity index (χ0) is 13.3. The molecule has 0 atom stereocenters. The number of hydrogen-bond donors (Lipinski definition) is 1. The van der Waals surface area contributed by atoms with Gasteiger partial charge in [-0.1, -0.05) is 6.92 Å². The Morgan fingerprint density at radius 1 is 1.44 bits per heavy atom. The Bertz CT molecular complexity index is 676. The molecule has 5 heteroatoms. The van der Waals surface area contributed by atoms with E-state index in [0.717, 1.165) is 12.5 Å². The SMILES string of the molecule is CCCn1cc(C(=O)O)c(=O)c2cc(F)ccc21. The topological polar surface area (TPSA) is 59.3 Å². The molecule has 0 unspecified atom stereocenters. The normalized spacial score (nSPS) is 10.8. The average molecular weight is 249 g/mol. The lowest BCUT2D eigenvalue weighted by atomic mass is 10.1. The first-order valence-electron chi connectivity index (χ1n) is 5.60. The van der Waals surface area contributed by atoms with Gasteiger partial charge in [0.1, 0.15) is 11.4 Å². The standard InChI is InChI=1S/C13H12FNO3/c1-2-5-15-7-10(13(17)18)12(16)9-6-8(14)3-4-11(9)15/h3-4,6-7H,2,5H2,1H3,(H,17,18). The highest BCUT2D eigenvalue weighted by Gasteiger charge is 2.14. The summed E-state index contributed by atoms with van der Waals surface area (Å²) >= 11 is 0. The van der Waals surface area contributed by atoms with Crippen LogP contribution in [0.5, 0.6) is 0 Å². The van der Waals surface area contributed by atoms with Crippen LogP contribution < -0.4 is 5.43 Å². The molecule has 0 saturated heterocycles. The van der Waals surface area contributed by atoms with E-state index in [9.17, 15) is 14.0 Å². The van der Waals surface area contributed by atoms with Crippen LogP contribution >= 0.6 is 0 Å². The quantitative estimate of drug-likeness (QED) is 0.907. The largest absolute Gasteiger partial charge is 0.477 e. The van der Waals surface area contributed by atoms with Gasteiger partial charge in [-0.25, -0.2) is 9.18 Å². The number of carboxylic acids is 1. The number of carboxylic acid groups (broad SMARTS) is 1. The molecule has 0 radical (unpaired) electrons. The predicted molar refractivity (Wildman–Crippen MR) is 65.4 cm³/mol. The molecule has 94 valence electrons. The number of carbonyl (C=O) groups is 1. The van der Waals surface area contributed by atoms with Crippen molar-refractivity contribution < 1.29 is 14.3 Å². The van der Waals surface area contributed by atoms with Crippen molar-refractivity contribution in [2.45, 2.75) is 19.9 Å². The monoisotopic (exact) mass is 249 g/mol. The molecular formula is C13H12FNO3. The predicted octanol–water partition coefficient (Wildman–Crippen LogP) is 2.25. The molecule has 1 aromatic carbocycles. The summed E-state index contributed by atoms with van der Waals surface area (Å²) in [5.74, 6) is -1.85. The highest BCUT2D eigenvalue weighted by Crippen LogP contribution is 2.14. The molecule has 0 aliphatic heterocycles. The van der Waals surface area contributed by atoms with E-state index in [0.29, 0.717) is 12.1 Å². The fraction of sp³-hybridized carbons (Fsp3) is 0.231. The second-order valence-electron chi connectivity index (χ2n) is 4.03. The van der Waals surface area contributed by atoms with Gasteiger partial charge in [0.05, 0.1) is 5.52 Å². The maximum Gasteiger partial charge on any atom is 0.341 e. The van der Waals surface area contributed by atoms with Gasteiger partial charge >= 0.3 is 5.97 Å². The van der Waals surface area contributed by atoms with Crippen molar-refractivity contribution >= 4 is 16.9 Å². The Hall–Kier alpha value is -2.17. The number of rotatable bonds is 3. The molecule has 4 nitrogen and oxygen atoms in total. The maximum absolute atomic E-state index is 13.2. The number of benzene rings is 1. The van der Waals surface area contributed by atoms with Gasteiger partial charge in [-0.3, -0.25) is 4.79 Å². The lowest BCUT2D eigenvalue weighted by Gasteiger charge is -2.11. The molecule has 0 amide bonds. The average Bonchev–Trinajstić information content (AvgIpc) is 2.32. The van der Waals surface area contributed by atoms with Crippen LogP contribution in [0.2, 0.25) is 0 Å². The van der Waals surface area contributed by atoms with Gasteiger partial charge in [0.25, 0.3) is 0 Å². The minimum atomic E-state index is -1.30. The fourth-order valence-electron chi connectivity index (χ4n) is 1.95. The first kappa shape index (κ1) is 12.3. The van der Waals surface area contributed by atoms with Crippen LogP contribution in [0.3, 0.4) is 0 Å². The molecule has 2 aromatic rings. The number of hydrogen-bond acceptors (Lipinski definition) is 2. The summed E-state index contributed by atoms with van der Waals surface area (Å²) in [6, 6.07) is 3.83. The number of aromatic nitrogens is 1. The van der Waals surface area contributed by atoms with Crippen molar-refractivity contribution in [2.75, 3.05) is 0 Å². The third-order valence-electron chi connectivity index (χ3n) is 2.74. The molecule has 0 aliphatic rings. The van der Waals surface area contributed by atoms with Crippen LogP contribution in [0, 0.1) is 5.82 Å². The van der Waals surface area contributed by atoms with E-state index in [2.05, 4.69) is 0 Å². The van der Waals surface area contributed by atoms with Crippen molar-refractivity contribution in [1.29, 1.82) is 0 Å². The van der Waals surface area contributed by atoms with Gasteiger partial charge in [0, 0.05) is 18.1 Å². The smallest absolute Gasteiger partial charge is 0.341 e. The Morgan fingerprint density at radius 3 is 2.78 bits per heavy atom. The summed E-state index contributed by atoms with van der Waals surface area (Å²) in [6.45, 7) is 2.51. The van der Waals surface area contributed by atoms with Crippen molar-refractivity contribution in [1.82, 2.24) is 4.57 Å². The molecular weight excluding hydrogens is 237 g/mol. The van der Waals surface area contributed by atoms with Crippen molar-refractivity contribution in [3.05, 3.63) is 46.0 Å².